The number of nitrogens with two attached hydrogens (primary N) is 1. The topological polar surface area (TPSA) is 151 Å². The summed E-state index contributed by atoms with van der Waals surface area (Å²) in [7, 11) is -3.79. The molecule has 1 heterocycles. The van der Waals surface area contributed by atoms with Crippen molar-refractivity contribution in [3.63, 3.8) is 0 Å². The average molecular weight is 534 g/mol. The van der Waals surface area contributed by atoms with Gasteiger partial charge in [-0.2, -0.15) is 0 Å². The number of hydrogen-bond acceptors (Lipinski definition) is 6. The Balaban J connectivity index is 1.79. The minimum Gasteiger partial charge on any atom is -0.368 e. The summed E-state index contributed by atoms with van der Waals surface area (Å²) in [6.07, 6.45) is 0.992. The van der Waals surface area contributed by atoms with Crippen LogP contribution in [0.25, 0.3) is 11.3 Å². The van der Waals surface area contributed by atoms with Crippen LogP contribution in [0.4, 0.5) is 17.1 Å². The van der Waals surface area contributed by atoms with E-state index in [1.807, 2.05) is 48.5 Å². The Bertz CT molecular complexity index is 1550. The number of fused-ring (bicyclic) bond motifs is 1. The molecule has 3 amide bonds. The standard InChI is InChI=1S/C27H27N5O5S/c1-17(33)29-15-18-10-12-19(13-11-18)26(25-22-8-3-4-9-23(22)31-27(25)35)30-20-6-5-7-21(14-20)32(16-24(28)34)38(2,36)37/h3-14,30H,15-16H2,1-2H3,(H2,28,34)(H,29,33)(H,31,35). The largest absolute Gasteiger partial charge is 0.368 e. The zero-order valence-electron chi connectivity index (χ0n) is 20.8. The first-order chi connectivity index (χ1) is 18.0. The van der Waals surface area contributed by atoms with Crippen LogP contribution >= 0.6 is 0 Å². The molecule has 0 bridgehead atoms. The predicted molar refractivity (Wildman–Crippen MR) is 147 cm³/mol. The van der Waals surface area contributed by atoms with Gasteiger partial charge in [0, 0.05) is 30.4 Å². The van der Waals surface area contributed by atoms with E-state index in [2.05, 4.69) is 16.0 Å². The van der Waals surface area contributed by atoms with E-state index in [0.29, 0.717) is 40.3 Å². The van der Waals surface area contributed by atoms with Gasteiger partial charge in [0.25, 0.3) is 5.91 Å². The lowest BCUT2D eigenvalue weighted by Crippen LogP contribution is -2.37. The molecule has 1 aliphatic rings. The fraction of sp³-hybridized carbons (Fsp3) is 0.148. The van der Waals surface area contributed by atoms with Crippen LogP contribution in [-0.4, -0.2) is 38.9 Å². The second-order valence-corrected chi connectivity index (χ2v) is 10.7. The van der Waals surface area contributed by atoms with Crippen LogP contribution < -0.4 is 26.0 Å². The van der Waals surface area contributed by atoms with Gasteiger partial charge in [0.1, 0.15) is 6.54 Å². The van der Waals surface area contributed by atoms with Gasteiger partial charge in [-0.05, 0) is 35.4 Å². The molecule has 0 saturated heterocycles. The first-order valence-corrected chi connectivity index (χ1v) is 13.5. The molecule has 196 valence electrons. The molecule has 0 unspecified atom stereocenters. The molecule has 0 aromatic heterocycles. The molecule has 1 aliphatic heterocycles. The molecule has 10 nitrogen and oxygen atoms in total. The van der Waals surface area contributed by atoms with E-state index in [9.17, 15) is 22.8 Å². The van der Waals surface area contributed by atoms with Gasteiger partial charge in [-0.1, -0.05) is 48.5 Å². The highest BCUT2D eigenvalue weighted by Crippen LogP contribution is 2.37. The summed E-state index contributed by atoms with van der Waals surface area (Å²) in [5.41, 5.74) is 9.88. The molecule has 0 saturated carbocycles. The highest BCUT2D eigenvalue weighted by atomic mass is 32.2. The molecular formula is C27H27N5O5S. The maximum absolute atomic E-state index is 13.1. The second kappa shape index (κ2) is 10.8. The third kappa shape index (κ3) is 6.01. The van der Waals surface area contributed by atoms with Crippen LogP contribution in [0.2, 0.25) is 0 Å². The lowest BCUT2D eigenvalue weighted by molar-refractivity contribution is -0.119. The smallest absolute Gasteiger partial charge is 0.258 e. The van der Waals surface area contributed by atoms with Crippen LogP contribution in [0, 0.1) is 0 Å². The minimum absolute atomic E-state index is 0.142. The number of nitrogens with zero attached hydrogens (tertiary/aromatic N) is 1. The van der Waals surface area contributed by atoms with Crippen molar-refractivity contribution >= 4 is 56.1 Å². The Morgan fingerprint density at radius 1 is 1.00 bits per heavy atom. The molecule has 0 atom stereocenters. The summed E-state index contributed by atoms with van der Waals surface area (Å²) in [4.78, 5) is 35.9. The molecule has 0 aliphatic carbocycles. The molecular weight excluding hydrogens is 506 g/mol. The van der Waals surface area contributed by atoms with Crippen LogP contribution in [0.1, 0.15) is 23.6 Å². The zero-order valence-corrected chi connectivity index (χ0v) is 21.6. The number of carbonyl (C=O) groups is 3. The highest BCUT2D eigenvalue weighted by Gasteiger charge is 2.28. The Kier molecular flexibility index (Phi) is 7.49. The summed E-state index contributed by atoms with van der Waals surface area (Å²) in [5, 5.41) is 8.92. The molecule has 3 aromatic rings. The van der Waals surface area contributed by atoms with Crippen molar-refractivity contribution in [3.8, 4) is 0 Å². The quantitative estimate of drug-likeness (QED) is 0.310. The number of benzene rings is 3. The van der Waals surface area contributed by atoms with Crippen molar-refractivity contribution in [2.75, 3.05) is 27.7 Å². The second-order valence-electron chi connectivity index (χ2n) is 8.77. The number of primary amides is 1. The summed E-state index contributed by atoms with van der Waals surface area (Å²) < 4.78 is 25.6. The van der Waals surface area contributed by atoms with E-state index in [1.165, 1.54) is 6.92 Å². The molecule has 11 heteroatoms. The van der Waals surface area contributed by atoms with Crippen molar-refractivity contribution < 1.29 is 22.8 Å². The predicted octanol–water partition coefficient (Wildman–Crippen LogP) is 2.51. The molecule has 0 spiro atoms. The van der Waals surface area contributed by atoms with Gasteiger partial charge in [-0.3, -0.25) is 18.7 Å². The van der Waals surface area contributed by atoms with E-state index in [4.69, 9.17) is 5.73 Å². The fourth-order valence-corrected chi connectivity index (χ4v) is 4.94. The minimum atomic E-state index is -3.79. The number of sulfonamides is 1. The number of carbonyl (C=O) groups excluding carboxylic acids is 3. The van der Waals surface area contributed by atoms with E-state index >= 15 is 0 Å². The van der Waals surface area contributed by atoms with Crippen molar-refractivity contribution in [3.05, 3.63) is 89.5 Å². The summed E-state index contributed by atoms with van der Waals surface area (Å²) in [5.74, 6) is -1.23. The van der Waals surface area contributed by atoms with E-state index in [1.54, 1.807) is 24.3 Å². The van der Waals surface area contributed by atoms with Gasteiger partial charge in [-0.25, -0.2) is 8.42 Å². The Hall–Kier alpha value is -4.64. The SMILES string of the molecule is CC(=O)NCc1ccc(C(Nc2cccc(N(CC(N)=O)S(C)(=O)=O)c2)=C2C(=O)Nc3ccccc32)cc1. The van der Waals surface area contributed by atoms with Crippen LogP contribution in [0.5, 0.6) is 0 Å². The van der Waals surface area contributed by atoms with Crippen molar-refractivity contribution in [2.24, 2.45) is 5.73 Å². The maximum Gasteiger partial charge on any atom is 0.258 e. The Morgan fingerprint density at radius 2 is 1.71 bits per heavy atom. The molecule has 5 N–H and O–H groups in total. The number of amides is 3. The van der Waals surface area contributed by atoms with Gasteiger partial charge < -0.3 is 21.7 Å². The van der Waals surface area contributed by atoms with Crippen molar-refractivity contribution in [2.45, 2.75) is 13.5 Å². The maximum atomic E-state index is 13.1. The van der Waals surface area contributed by atoms with E-state index in [0.717, 1.165) is 16.1 Å². The van der Waals surface area contributed by atoms with Crippen LogP contribution in [-0.2, 0) is 31.0 Å². The van der Waals surface area contributed by atoms with Crippen molar-refractivity contribution in [1.82, 2.24) is 5.32 Å². The summed E-state index contributed by atoms with van der Waals surface area (Å²) >= 11 is 0. The van der Waals surface area contributed by atoms with Gasteiger partial charge in [-0.15, -0.1) is 0 Å². The number of para-hydroxylation sites is 1. The van der Waals surface area contributed by atoms with Crippen molar-refractivity contribution in [1.29, 1.82) is 0 Å². The molecule has 38 heavy (non-hydrogen) atoms. The molecule has 0 fully saturated rings. The van der Waals surface area contributed by atoms with Gasteiger partial charge in [0.05, 0.1) is 23.2 Å². The lowest BCUT2D eigenvalue weighted by atomic mass is 9.99. The van der Waals surface area contributed by atoms with E-state index < -0.39 is 22.5 Å². The van der Waals surface area contributed by atoms with Crippen LogP contribution in [0.15, 0.2) is 72.8 Å². The van der Waals surface area contributed by atoms with Crippen LogP contribution in [0.3, 0.4) is 0 Å². The number of hydrogen-bond donors (Lipinski definition) is 4. The molecule has 3 aromatic carbocycles. The zero-order chi connectivity index (χ0) is 27.4. The molecule has 0 radical (unpaired) electrons. The number of nitrogens with one attached hydrogen (secondary N) is 3. The van der Waals surface area contributed by atoms with Gasteiger partial charge in [0.15, 0.2) is 0 Å². The number of anilines is 3. The monoisotopic (exact) mass is 533 g/mol. The van der Waals surface area contributed by atoms with E-state index in [-0.39, 0.29) is 17.5 Å². The van der Waals surface area contributed by atoms with Gasteiger partial charge >= 0.3 is 0 Å². The molecule has 4 rings (SSSR count). The average Bonchev–Trinajstić information content (AvgIpc) is 3.20. The lowest BCUT2D eigenvalue weighted by Gasteiger charge is -2.22. The third-order valence-electron chi connectivity index (χ3n) is 5.81. The highest BCUT2D eigenvalue weighted by molar-refractivity contribution is 7.92. The summed E-state index contributed by atoms with van der Waals surface area (Å²) in [6.45, 7) is 1.29. The normalized spacial score (nSPS) is 13.8. The van der Waals surface area contributed by atoms with Gasteiger partial charge in [0.2, 0.25) is 21.8 Å². The third-order valence-corrected chi connectivity index (χ3v) is 6.95. The Morgan fingerprint density at radius 3 is 2.37 bits per heavy atom. The fourth-order valence-electron chi connectivity index (χ4n) is 4.08. The first kappa shape index (κ1) is 26.4. The Labute approximate surface area is 220 Å². The number of rotatable bonds is 9. The summed E-state index contributed by atoms with van der Waals surface area (Å²) in [6, 6.07) is 21.1. The first-order valence-electron chi connectivity index (χ1n) is 11.6.